The Kier molecular flexibility index (Phi) is 3.09. The number of aryl methyl sites for hydroxylation is 1. The van der Waals surface area contributed by atoms with E-state index in [2.05, 4.69) is 0 Å². The summed E-state index contributed by atoms with van der Waals surface area (Å²) in [7, 11) is 0. The lowest BCUT2D eigenvalue weighted by molar-refractivity contribution is -0.116. The molecule has 1 heterocycles. The summed E-state index contributed by atoms with van der Waals surface area (Å²) in [6, 6.07) is 8.25. The molecule has 2 aromatic rings. The van der Waals surface area contributed by atoms with Crippen molar-refractivity contribution in [1.29, 1.82) is 0 Å². The van der Waals surface area contributed by atoms with Crippen molar-refractivity contribution in [3.05, 3.63) is 47.5 Å². The first-order valence-corrected chi connectivity index (χ1v) is 5.41. The first-order valence-electron chi connectivity index (χ1n) is 5.41. The van der Waals surface area contributed by atoms with E-state index in [1.807, 2.05) is 6.92 Å². The maximum atomic E-state index is 13.6. The monoisotopic (exact) mass is 232 g/mol. The number of carbonyl (C=O) groups is 1. The molecule has 3 heteroatoms. The molecular formula is C14H13FO2. The van der Waals surface area contributed by atoms with Crippen molar-refractivity contribution < 1.29 is 13.6 Å². The second-order valence-electron chi connectivity index (χ2n) is 4.13. The van der Waals surface area contributed by atoms with Crippen molar-refractivity contribution >= 4 is 5.78 Å². The van der Waals surface area contributed by atoms with Gasteiger partial charge in [-0.3, -0.25) is 4.79 Å². The van der Waals surface area contributed by atoms with Gasteiger partial charge in [0.1, 0.15) is 23.1 Å². The van der Waals surface area contributed by atoms with Crippen LogP contribution in [0.4, 0.5) is 4.39 Å². The van der Waals surface area contributed by atoms with Crippen LogP contribution in [0.25, 0.3) is 11.3 Å². The SMILES string of the molecule is CC(=O)Cc1ccc(-c2cc(C)ccc2F)o1. The topological polar surface area (TPSA) is 30.2 Å². The molecule has 0 amide bonds. The Morgan fingerprint density at radius 1 is 1.29 bits per heavy atom. The van der Waals surface area contributed by atoms with Crippen molar-refractivity contribution in [3.8, 4) is 11.3 Å². The standard InChI is InChI=1S/C14H13FO2/c1-9-3-5-13(15)12(7-9)14-6-4-11(17-14)8-10(2)16/h3-7H,8H2,1-2H3. The molecule has 0 aliphatic heterocycles. The van der Waals surface area contributed by atoms with Crippen LogP contribution in [0.2, 0.25) is 0 Å². The number of hydrogen-bond donors (Lipinski definition) is 0. The molecule has 0 aliphatic carbocycles. The molecule has 88 valence electrons. The lowest BCUT2D eigenvalue weighted by atomic mass is 10.1. The van der Waals surface area contributed by atoms with E-state index in [-0.39, 0.29) is 18.0 Å². The Bertz CT molecular complexity index is 555. The van der Waals surface area contributed by atoms with Gasteiger partial charge in [0.05, 0.1) is 12.0 Å². The average Bonchev–Trinajstić information content (AvgIpc) is 2.69. The summed E-state index contributed by atoms with van der Waals surface area (Å²) in [5.41, 5.74) is 1.39. The number of rotatable bonds is 3. The maximum absolute atomic E-state index is 13.6. The molecule has 1 aromatic heterocycles. The van der Waals surface area contributed by atoms with Crippen molar-refractivity contribution in [3.63, 3.8) is 0 Å². The van der Waals surface area contributed by atoms with Gasteiger partial charge in [-0.2, -0.15) is 0 Å². The molecule has 0 spiro atoms. The van der Waals surface area contributed by atoms with Crippen LogP contribution >= 0.6 is 0 Å². The smallest absolute Gasteiger partial charge is 0.137 e. The minimum absolute atomic E-state index is 0.0237. The number of Topliss-reactive ketones (excluding diaryl/α,β-unsaturated/α-hetero) is 1. The van der Waals surface area contributed by atoms with Gasteiger partial charge in [-0.1, -0.05) is 11.6 Å². The molecule has 2 rings (SSSR count). The van der Waals surface area contributed by atoms with Crippen molar-refractivity contribution in [2.45, 2.75) is 20.3 Å². The number of halogens is 1. The lowest BCUT2D eigenvalue weighted by Gasteiger charge is -2.01. The number of benzene rings is 1. The lowest BCUT2D eigenvalue weighted by Crippen LogP contribution is -1.93. The van der Waals surface area contributed by atoms with Gasteiger partial charge in [0.15, 0.2) is 0 Å². The highest BCUT2D eigenvalue weighted by Gasteiger charge is 2.10. The van der Waals surface area contributed by atoms with E-state index in [1.54, 1.807) is 24.3 Å². The zero-order chi connectivity index (χ0) is 12.4. The highest BCUT2D eigenvalue weighted by atomic mass is 19.1. The normalized spacial score (nSPS) is 10.5. The molecule has 2 nitrogen and oxygen atoms in total. The van der Waals surface area contributed by atoms with Crippen molar-refractivity contribution in [2.75, 3.05) is 0 Å². The summed E-state index contributed by atoms with van der Waals surface area (Å²) in [5, 5.41) is 0. The zero-order valence-electron chi connectivity index (χ0n) is 9.79. The fourth-order valence-electron chi connectivity index (χ4n) is 1.69. The summed E-state index contributed by atoms with van der Waals surface area (Å²) in [5.74, 6) is 0.728. The van der Waals surface area contributed by atoms with Gasteiger partial charge in [-0.05, 0) is 38.1 Å². The first-order chi connectivity index (χ1) is 8.06. The molecule has 1 aromatic carbocycles. The van der Waals surface area contributed by atoms with E-state index in [0.717, 1.165) is 5.56 Å². The highest BCUT2D eigenvalue weighted by Crippen LogP contribution is 2.26. The number of furan rings is 1. The van der Waals surface area contributed by atoms with Crippen LogP contribution in [-0.4, -0.2) is 5.78 Å². The van der Waals surface area contributed by atoms with Gasteiger partial charge in [-0.15, -0.1) is 0 Å². The van der Waals surface area contributed by atoms with E-state index in [4.69, 9.17) is 4.42 Å². The Morgan fingerprint density at radius 2 is 2.06 bits per heavy atom. The fraction of sp³-hybridized carbons (Fsp3) is 0.214. The van der Waals surface area contributed by atoms with Gasteiger partial charge in [0.2, 0.25) is 0 Å². The van der Waals surface area contributed by atoms with Gasteiger partial charge in [0, 0.05) is 0 Å². The Balaban J connectivity index is 2.36. The zero-order valence-corrected chi connectivity index (χ0v) is 9.79. The summed E-state index contributed by atoms with van der Waals surface area (Å²) in [6.45, 7) is 3.39. The molecule has 0 atom stereocenters. The second kappa shape index (κ2) is 4.53. The summed E-state index contributed by atoms with van der Waals surface area (Å²) in [6.07, 6.45) is 0.243. The number of hydrogen-bond acceptors (Lipinski definition) is 2. The Hall–Kier alpha value is -1.90. The van der Waals surface area contributed by atoms with Gasteiger partial charge < -0.3 is 4.42 Å². The van der Waals surface area contributed by atoms with Crippen LogP contribution < -0.4 is 0 Å². The Labute approximate surface area is 99.1 Å². The molecule has 0 radical (unpaired) electrons. The van der Waals surface area contributed by atoms with Gasteiger partial charge >= 0.3 is 0 Å². The summed E-state index contributed by atoms with van der Waals surface area (Å²) >= 11 is 0. The van der Waals surface area contributed by atoms with Gasteiger partial charge in [-0.25, -0.2) is 4.39 Å². The molecule has 0 unspecified atom stereocenters. The molecule has 0 N–H and O–H groups in total. The van der Waals surface area contributed by atoms with Crippen LogP contribution in [0.1, 0.15) is 18.2 Å². The van der Waals surface area contributed by atoms with Crippen LogP contribution in [-0.2, 0) is 11.2 Å². The molecule has 17 heavy (non-hydrogen) atoms. The van der Waals surface area contributed by atoms with E-state index in [0.29, 0.717) is 17.1 Å². The highest BCUT2D eigenvalue weighted by molar-refractivity contribution is 5.77. The second-order valence-corrected chi connectivity index (χ2v) is 4.13. The molecule has 0 saturated heterocycles. The third kappa shape index (κ3) is 2.61. The maximum Gasteiger partial charge on any atom is 0.137 e. The molecule has 0 fully saturated rings. The fourth-order valence-corrected chi connectivity index (χ4v) is 1.69. The molecule has 0 aliphatic rings. The number of carbonyl (C=O) groups excluding carboxylic acids is 1. The predicted molar refractivity (Wildman–Crippen MR) is 63.2 cm³/mol. The van der Waals surface area contributed by atoms with Crippen LogP contribution in [0.15, 0.2) is 34.7 Å². The molecular weight excluding hydrogens is 219 g/mol. The molecule has 0 bridgehead atoms. The average molecular weight is 232 g/mol. The summed E-state index contributed by atoms with van der Waals surface area (Å²) in [4.78, 5) is 10.9. The largest absolute Gasteiger partial charge is 0.461 e. The Morgan fingerprint density at radius 3 is 2.76 bits per heavy atom. The first kappa shape index (κ1) is 11.6. The van der Waals surface area contributed by atoms with Crippen molar-refractivity contribution in [1.82, 2.24) is 0 Å². The van der Waals surface area contributed by atoms with Crippen LogP contribution in [0.5, 0.6) is 0 Å². The van der Waals surface area contributed by atoms with Crippen LogP contribution in [0.3, 0.4) is 0 Å². The van der Waals surface area contributed by atoms with E-state index >= 15 is 0 Å². The van der Waals surface area contributed by atoms with Gasteiger partial charge in [0.25, 0.3) is 0 Å². The quantitative estimate of drug-likeness (QED) is 0.810. The minimum Gasteiger partial charge on any atom is -0.461 e. The predicted octanol–water partition coefficient (Wildman–Crippen LogP) is 3.53. The minimum atomic E-state index is -0.320. The van der Waals surface area contributed by atoms with Crippen LogP contribution in [0, 0.1) is 12.7 Å². The van der Waals surface area contributed by atoms with E-state index in [1.165, 1.54) is 13.0 Å². The van der Waals surface area contributed by atoms with Crippen molar-refractivity contribution in [2.24, 2.45) is 0 Å². The number of ketones is 1. The third-order valence-electron chi connectivity index (χ3n) is 2.47. The van der Waals surface area contributed by atoms with E-state index in [9.17, 15) is 9.18 Å². The summed E-state index contributed by atoms with van der Waals surface area (Å²) < 4.78 is 19.1. The third-order valence-corrected chi connectivity index (χ3v) is 2.47. The molecule has 0 saturated carbocycles. The van der Waals surface area contributed by atoms with E-state index < -0.39 is 0 Å².